The standard InChI is InChI=1S/C29H38O3/c1-19-22(17-25(30)18-27(19)31)11-10-21-8-6-14-29(4)24(12-13-26(21)29)16-20-7-5-9-23(15-20)28(2,3)32/h5,7,9-11,15-16,25-27,30-32H,1,6,8,12-14,17-18H2,2-4H3/b21-10+,22-11-,24-16-/t25-,26+,27+,29-/m1/s1. The second-order valence-electron chi connectivity index (χ2n) is 10.8. The smallest absolute Gasteiger partial charge is 0.0840 e. The third-order valence-corrected chi connectivity index (χ3v) is 8.01. The zero-order valence-corrected chi connectivity index (χ0v) is 19.8. The summed E-state index contributed by atoms with van der Waals surface area (Å²) in [7, 11) is 0. The van der Waals surface area contributed by atoms with Crippen molar-refractivity contribution in [2.24, 2.45) is 11.3 Å². The number of hydrogen-bond donors (Lipinski definition) is 3. The Morgan fingerprint density at radius 2 is 1.94 bits per heavy atom. The zero-order chi connectivity index (χ0) is 23.1. The minimum absolute atomic E-state index is 0.163. The van der Waals surface area contributed by atoms with E-state index in [2.05, 4.69) is 43.9 Å². The van der Waals surface area contributed by atoms with Crippen molar-refractivity contribution >= 4 is 6.08 Å². The quantitative estimate of drug-likeness (QED) is 0.561. The molecule has 3 nitrogen and oxygen atoms in total. The molecule has 3 N–H and O–H groups in total. The molecule has 1 aromatic carbocycles. The summed E-state index contributed by atoms with van der Waals surface area (Å²) in [6.45, 7) is 10.1. The molecule has 3 fully saturated rings. The largest absolute Gasteiger partial charge is 0.393 e. The van der Waals surface area contributed by atoms with Crippen LogP contribution in [0.3, 0.4) is 0 Å². The molecule has 0 amide bonds. The molecule has 0 spiro atoms. The second kappa shape index (κ2) is 8.78. The summed E-state index contributed by atoms with van der Waals surface area (Å²) in [6.07, 6.45) is 12.3. The van der Waals surface area contributed by atoms with Gasteiger partial charge >= 0.3 is 0 Å². The predicted molar refractivity (Wildman–Crippen MR) is 131 cm³/mol. The van der Waals surface area contributed by atoms with Gasteiger partial charge in [0.2, 0.25) is 0 Å². The molecule has 3 saturated carbocycles. The molecule has 0 radical (unpaired) electrons. The van der Waals surface area contributed by atoms with E-state index in [0.717, 1.165) is 36.0 Å². The first-order valence-corrected chi connectivity index (χ1v) is 12.1. The highest BCUT2D eigenvalue weighted by molar-refractivity contribution is 5.57. The second-order valence-corrected chi connectivity index (χ2v) is 10.8. The van der Waals surface area contributed by atoms with Crippen molar-refractivity contribution in [2.45, 2.75) is 83.5 Å². The molecule has 4 atom stereocenters. The Bertz CT molecular complexity index is 974. The van der Waals surface area contributed by atoms with Crippen LogP contribution in [-0.4, -0.2) is 27.5 Å². The van der Waals surface area contributed by atoms with Gasteiger partial charge in [-0.05, 0) is 92.0 Å². The fourth-order valence-corrected chi connectivity index (χ4v) is 6.00. The van der Waals surface area contributed by atoms with E-state index >= 15 is 0 Å². The van der Waals surface area contributed by atoms with Crippen LogP contribution in [0.4, 0.5) is 0 Å². The maximum absolute atomic E-state index is 10.4. The number of aliphatic hydroxyl groups is 3. The van der Waals surface area contributed by atoms with Crippen molar-refractivity contribution in [1.82, 2.24) is 0 Å². The summed E-state index contributed by atoms with van der Waals surface area (Å²) < 4.78 is 0. The number of rotatable bonds is 3. The fourth-order valence-electron chi connectivity index (χ4n) is 6.00. The maximum atomic E-state index is 10.4. The number of allylic oxidation sites excluding steroid dienone is 4. The van der Waals surface area contributed by atoms with Crippen molar-refractivity contribution < 1.29 is 15.3 Å². The van der Waals surface area contributed by atoms with Gasteiger partial charge in [0.15, 0.2) is 0 Å². The highest BCUT2D eigenvalue weighted by atomic mass is 16.3. The molecular formula is C29H38O3. The first-order valence-electron chi connectivity index (χ1n) is 12.1. The molecule has 0 heterocycles. The molecule has 0 bridgehead atoms. The summed E-state index contributed by atoms with van der Waals surface area (Å²) in [4.78, 5) is 0. The van der Waals surface area contributed by atoms with E-state index in [-0.39, 0.29) is 5.41 Å². The van der Waals surface area contributed by atoms with Crippen molar-refractivity contribution in [3.63, 3.8) is 0 Å². The topological polar surface area (TPSA) is 60.7 Å². The van der Waals surface area contributed by atoms with Crippen LogP contribution in [0.1, 0.15) is 76.8 Å². The summed E-state index contributed by atoms with van der Waals surface area (Å²) >= 11 is 0. The molecular weight excluding hydrogens is 396 g/mol. The van der Waals surface area contributed by atoms with Crippen LogP contribution < -0.4 is 0 Å². The Morgan fingerprint density at radius 1 is 1.16 bits per heavy atom. The van der Waals surface area contributed by atoms with E-state index in [0.29, 0.717) is 18.8 Å². The summed E-state index contributed by atoms with van der Waals surface area (Å²) in [6, 6.07) is 8.27. The van der Waals surface area contributed by atoms with Crippen LogP contribution in [0.5, 0.6) is 0 Å². The molecule has 1 aromatic rings. The normalized spacial score (nSPS) is 35.0. The maximum Gasteiger partial charge on any atom is 0.0840 e. The van der Waals surface area contributed by atoms with Crippen LogP contribution in [0.15, 0.2) is 65.3 Å². The van der Waals surface area contributed by atoms with Crippen molar-refractivity contribution in [3.05, 3.63) is 76.4 Å². The molecule has 3 aliphatic carbocycles. The van der Waals surface area contributed by atoms with Gasteiger partial charge < -0.3 is 15.3 Å². The molecule has 0 saturated heterocycles. The zero-order valence-electron chi connectivity index (χ0n) is 19.8. The van der Waals surface area contributed by atoms with Crippen LogP contribution in [0.2, 0.25) is 0 Å². The lowest BCUT2D eigenvalue weighted by molar-refractivity contribution is 0.0785. The van der Waals surface area contributed by atoms with E-state index in [4.69, 9.17) is 0 Å². The predicted octanol–water partition coefficient (Wildman–Crippen LogP) is 5.82. The van der Waals surface area contributed by atoms with Gasteiger partial charge in [-0.15, -0.1) is 0 Å². The lowest BCUT2D eigenvalue weighted by Crippen LogP contribution is -2.29. The average molecular weight is 435 g/mol. The van der Waals surface area contributed by atoms with Gasteiger partial charge in [0.25, 0.3) is 0 Å². The molecule has 4 rings (SSSR count). The van der Waals surface area contributed by atoms with Crippen LogP contribution >= 0.6 is 0 Å². The molecule has 0 aromatic heterocycles. The molecule has 172 valence electrons. The van der Waals surface area contributed by atoms with Gasteiger partial charge in [0, 0.05) is 6.42 Å². The lowest BCUT2D eigenvalue weighted by atomic mass is 9.65. The summed E-state index contributed by atoms with van der Waals surface area (Å²) in [5, 5.41) is 30.6. The minimum Gasteiger partial charge on any atom is -0.393 e. The summed E-state index contributed by atoms with van der Waals surface area (Å²) in [5.74, 6) is 0.531. The Labute approximate surface area is 192 Å². The number of aliphatic hydroxyl groups excluding tert-OH is 2. The minimum atomic E-state index is -0.838. The van der Waals surface area contributed by atoms with Gasteiger partial charge in [-0.2, -0.15) is 0 Å². The van der Waals surface area contributed by atoms with Crippen molar-refractivity contribution in [2.75, 3.05) is 0 Å². The molecule has 3 aliphatic rings. The monoisotopic (exact) mass is 434 g/mol. The lowest BCUT2D eigenvalue weighted by Gasteiger charge is -2.39. The van der Waals surface area contributed by atoms with Gasteiger partial charge in [0.05, 0.1) is 17.8 Å². The Balaban J connectivity index is 1.60. The molecule has 32 heavy (non-hydrogen) atoms. The van der Waals surface area contributed by atoms with E-state index in [9.17, 15) is 15.3 Å². The fraction of sp³-hybridized carbons (Fsp3) is 0.517. The first kappa shape index (κ1) is 23.2. The third kappa shape index (κ3) is 4.57. The third-order valence-electron chi connectivity index (χ3n) is 8.01. The Morgan fingerprint density at radius 3 is 2.69 bits per heavy atom. The van der Waals surface area contributed by atoms with E-state index < -0.39 is 17.8 Å². The number of benzene rings is 1. The average Bonchev–Trinajstić information content (AvgIpc) is 3.06. The first-order chi connectivity index (χ1) is 15.1. The molecule has 0 aliphatic heterocycles. The highest BCUT2D eigenvalue weighted by Crippen LogP contribution is 2.57. The van der Waals surface area contributed by atoms with E-state index in [1.165, 1.54) is 29.6 Å². The van der Waals surface area contributed by atoms with Crippen LogP contribution in [0.25, 0.3) is 6.08 Å². The van der Waals surface area contributed by atoms with Gasteiger partial charge in [-0.25, -0.2) is 0 Å². The van der Waals surface area contributed by atoms with Gasteiger partial charge in [0.1, 0.15) is 0 Å². The van der Waals surface area contributed by atoms with Gasteiger partial charge in [-0.3, -0.25) is 0 Å². The van der Waals surface area contributed by atoms with E-state index in [1.807, 2.05) is 26.0 Å². The summed E-state index contributed by atoms with van der Waals surface area (Å²) in [5.41, 5.74) is 6.17. The SMILES string of the molecule is C=C1/C(=C\C=C2/CCC[C@]3(C)/C(=C\c4cccc(C(C)(C)O)c4)CC[C@@H]23)C[C@@H](O)C[C@@H]1O. The highest BCUT2D eigenvalue weighted by Gasteiger charge is 2.45. The van der Waals surface area contributed by atoms with E-state index in [1.54, 1.807) is 0 Å². The Hall–Kier alpha value is -1.94. The van der Waals surface area contributed by atoms with Crippen molar-refractivity contribution in [1.29, 1.82) is 0 Å². The Kier molecular flexibility index (Phi) is 6.37. The van der Waals surface area contributed by atoms with Gasteiger partial charge in [-0.1, -0.05) is 61.1 Å². The number of fused-ring (bicyclic) bond motifs is 1. The molecule has 0 unspecified atom stereocenters. The molecule has 3 heteroatoms. The van der Waals surface area contributed by atoms with Crippen molar-refractivity contribution in [3.8, 4) is 0 Å². The van der Waals surface area contributed by atoms with Crippen LogP contribution in [0, 0.1) is 11.3 Å². The number of hydrogen-bond acceptors (Lipinski definition) is 3. The van der Waals surface area contributed by atoms with Crippen LogP contribution in [-0.2, 0) is 5.60 Å².